The maximum absolute atomic E-state index is 13.4. The molecule has 0 saturated heterocycles. The van der Waals surface area contributed by atoms with Crippen molar-refractivity contribution in [3.05, 3.63) is 87.9 Å². The van der Waals surface area contributed by atoms with Gasteiger partial charge in [-0.15, -0.1) is 0 Å². The van der Waals surface area contributed by atoms with Crippen LogP contribution in [0.1, 0.15) is 50.2 Å². The van der Waals surface area contributed by atoms with Crippen molar-refractivity contribution < 1.29 is 9.32 Å². The third-order valence-corrected chi connectivity index (χ3v) is 5.78. The van der Waals surface area contributed by atoms with Gasteiger partial charge in [-0.2, -0.15) is 0 Å². The predicted molar refractivity (Wildman–Crippen MR) is 107 cm³/mol. The van der Waals surface area contributed by atoms with E-state index >= 15 is 0 Å². The van der Waals surface area contributed by atoms with Gasteiger partial charge in [-0.3, -0.25) is 4.79 Å². The highest BCUT2D eigenvalue weighted by Gasteiger charge is 2.40. The van der Waals surface area contributed by atoms with Crippen molar-refractivity contribution in [2.45, 2.75) is 33.4 Å². The van der Waals surface area contributed by atoms with Gasteiger partial charge in [0.1, 0.15) is 5.76 Å². The minimum Gasteiger partial charge on any atom is -0.361 e. The predicted octanol–water partition coefficient (Wildman–Crippen LogP) is 4.83. The van der Waals surface area contributed by atoms with Crippen LogP contribution >= 0.6 is 0 Å². The number of nitrogens with one attached hydrogen (secondary N) is 1. The van der Waals surface area contributed by atoms with Crippen LogP contribution in [0.15, 0.2) is 53.1 Å². The SMILES string of the molecule is Cc1noc(C)c1CN1C(=O)c2ccccc2C1c1c(C)[nH]c2ccccc12. The van der Waals surface area contributed by atoms with Crippen LogP contribution in [0.2, 0.25) is 0 Å². The molecule has 2 aromatic heterocycles. The van der Waals surface area contributed by atoms with Crippen LogP contribution in [0.4, 0.5) is 0 Å². The molecular formula is C23H21N3O2. The molecule has 0 saturated carbocycles. The van der Waals surface area contributed by atoms with E-state index in [0.29, 0.717) is 6.54 Å². The van der Waals surface area contributed by atoms with Crippen molar-refractivity contribution in [3.63, 3.8) is 0 Å². The summed E-state index contributed by atoms with van der Waals surface area (Å²) in [7, 11) is 0. The van der Waals surface area contributed by atoms with Crippen LogP contribution in [0.3, 0.4) is 0 Å². The highest BCUT2D eigenvalue weighted by atomic mass is 16.5. The van der Waals surface area contributed by atoms with Crippen LogP contribution in [-0.2, 0) is 6.54 Å². The minimum absolute atomic E-state index is 0.0466. The van der Waals surface area contributed by atoms with Gasteiger partial charge in [0, 0.05) is 33.3 Å². The number of fused-ring (bicyclic) bond motifs is 2. The fourth-order valence-electron chi connectivity index (χ4n) is 4.39. The van der Waals surface area contributed by atoms with E-state index in [1.807, 2.05) is 49.1 Å². The molecule has 1 aliphatic rings. The lowest BCUT2D eigenvalue weighted by molar-refractivity contribution is 0.0735. The lowest BCUT2D eigenvalue weighted by atomic mass is 9.95. The smallest absolute Gasteiger partial charge is 0.255 e. The number of amides is 1. The van der Waals surface area contributed by atoms with Crippen molar-refractivity contribution in [1.82, 2.24) is 15.0 Å². The zero-order valence-corrected chi connectivity index (χ0v) is 16.1. The number of aromatic nitrogens is 2. The zero-order chi connectivity index (χ0) is 19.4. The molecule has 5 rings (SSSR count). The molecule has 1 unspecified atom stereocenters. The van der Waals surface area contributed by atoms with Gasteiger partial charge in [-0.05, 0) is 38.5 Å². The summed E-state index contributed by atoms with van der Waals surface area (Å²) in [5.74, 6) is 0.806. The molecule has 0 bridgehead atoms. The molecule has 28 heavy (non-hydrogen) atoms. The molecule has 1 atom stereocenters. The number of carbonyl (C=O) groups excluding carboxylic acids is 1. The number of aromatic amines is 1. The van der Waals surface area contributed by atoms with Crippen LogP contribution < -0.4 is 0 Å². The van der Waals surface area contributed by atoms with Gasteiger partial charge in [0.15, 0.2) is 0 Å². The number of carbonyl (C=O) groups is 1. The summed E-state index contributed by atoms with van der Waals surface area (Å²) in [6, 6.07) is 16.0. The maximum Gasteiger partial charge on any atom is 0.255 e. The standard InChI is InChI=1S/C23H21N3O2/c1-13-19(15(3)28-25-13)12-26-22(16-8-4-5-9-17(16)23(26)27)21-14(2)24-20-11-7-6-10-18(20)21/h4-11,22,24H,12H2,1-3H3. The van der Waals surface area contributed by atoms with Crippen LogP contribution in [0.5, 0.6) is 0 Å². The fourth-order valence-corrected chi connectivity index (χ4v) is 4.39. The summed E-state index contributed by atoms with van der Waals surface area (Å²) in [5.41, 5.74) is 6.94. The average molecular weight is 371 g/mol. The molecule has 1 amide bonds. The summed E-state index contributed by atoms with van der Waals surface area (Å²) in [4.78, 5) is 18.8. The molecule has 3 heterocycles. The average Bonchev–Trinajstić information content (AvgIpc) is 3.29. The number of benzene rings is 2. The summed E-state index contributed by atoms with van der Waals surface area (Å²) >= 11 is 0. The van der Waals surface area contributed by atoms with Gasteiger partial charge in [-0.1, -0.05) is 41.6 Å². The van der Waals surface area contributed by atoms with Crippen LogP contribution in [0.25, 0.3) is 10.9 Å². The first-order valence-corrected chi connectivity index (χ1v) is 9.45. The van der Waals surface area contributed by atoms with Gasteiger partial charge in [0.05, 0.1) is 18.3 Å². The Labute approximate surface area is 163 Å². The molecule has 1 N–H and O–H groups in total. The van der Waals surface area contributed by atoms with Crippen molar-refractivity contribution in [3.8, 4) is 0 Å². The van der Waals surface area contributed by atoms with E-state index in [9.17, 15) is 4.79 Å². The molecule has 1 aliphatic heterocycles. The van der Waals surface area contributed by atoms with Gasteiger partial charge >= 0.3 is 0 Å². The second kappa shape index (κ2) is 6.09. The number of hydrogen-bond acceptors (Lipinski definition) is 3. The van der Waals surface area contributed by atoms with Crippen molar-refractivity contribution in [2.24, 2.45) is 0 Å². The molecule has 5 nitrogen and oxygen atoms in total. The van der Waals surface area contributed by atoms with Crippen molar-refractivity contribution >= 4 is 16.8 Å². The second-order valence-electron chi connectivity index (χ2n) is 7.43. The quantitative estimate of drug-likeness (QED) is 0.561. The summed E-state index contributed by atoms with van der Waals surface area (Å²) < 4.78 is 5.34. The normalized spacial score (nSPS) is 16.2. The van der Waals surface area contributed by atoms with Gasteiger partial charge in [0.25, 0.3) is 5.91 Å². The first-order valence-electron chi connectivity index (χ1n) is 9.45. The van der Waals surface area contributed by atoms with Gasteiger partial charge in [0.2, 0.25) is 0 Å². The lowest BCUT2D eigenvalue weighted by Crippen LogP contribution is -2.29. The Kier molecular flexibility index (Phi) is 3.66. The number of H-pyrrole nitrogens is 1. The monoisotopic (exact) mass is 371 g/mol. The van der Waals surface area contributed by atoms with Crippen LogP contribution in [0, 0.1) is 20.8 Å². The Hall–Kier alpha value is -3.34. The minimum atomic E-state index is -0.145. The summed E-state index contributed by atoms with van der Waals surface area (Å²) in [6.45, 7) is 6.37. The Balaban J connectivity index is 1.72. The maximum atomic E-state index is 13.4. The molecule has 2 aromatic carbocycles. The zero-order valence-electron chi connectivity index (χ0n) is 16.1. The highest BCUT2D eigenvalue weighted by Crippen LogP contribution is 2.43. The lowest BCUT2D eigenvalue weighted by Gasteiger charge is -2.26. The highest BCUT2D eigenvalue weighted by molar-refractivity contribution is 6.01. The van der Waals surface area contributed by atoms with E-state index in [0.717, 1.165) is 50.3 Å². The Morgan fingerprint density at radius 1 is 1.07 bits per heavy atom. The fraction of sp³-hybridized carbons (Fsp3) is 0.217. The number of aryl methyl sites for hydroxylation is 3. The van der Waals surface area contributed by atoms with Crippen LogP contribution in [-0.4, -0.2) is 20.9 Å². The van der Waals surface area contributed by atoms with E-state index in [1.165, 1.54) is 0 Å². The van der Waals surface area contributed by atoms with Gasteiger partial charge < -0.3 is 14.4 Å². The van der Waals surface area contributed by atoms with Gasteiger partial charge in [-0.25, -0.2) is 0 Å². The summed E-state index contributed by atoms with van der Waals surface area (Å²) in [5, 5.41) is 5.22. The third kappa shape index (κ3) is 2.32. The number of hydrogen-bond donors (Lipinski definition) is 1. The van der Waals surface area contributed by atoms with Crippen molar-refractivity contribution in [1.29, 1.82) is 0 Å². The first kappa shape index (κ1) is 16.8. The second-order valence-corrected chi connectivity index (χ2v) is 7.43. The van der Waals surface area contributed by atoms with E-state index in [2.05, 4.69) is 35.3 Å². The Morgan fingerprint density at radius 3 is 2.61 bits per heavy atom. The summed E-state index contributed by atoms with van der Waals surface area (Å²) in [6.07, 6.45) is 0. The number of nitrogens with zero attached hydrogens (tertiary/aromatic N) is 2. The first-order chi connectivity index (χ1) is 13.6. The number of rotatable bonds is 3. The number of para-hydroxylation sites is 1. The molecule has 0 radical (unpaired) electrons. The molecule has 0 fully saturated rings. The molecule has 4 aromatic rings. The molecule has 5 heteroatoms. The van der Waals surface area contributed by atoms with E-state index in [1.54, 1.807) is 0 Å². The molecule has 140 valence electrons. The molecule has 0 aliphatic carbocycles. The Bertz CT molecular complexity index is 1200. The third-order valence-electron chi connectivity index (χ3n) is 5.78. The van der Waals surface area contributed by atoms with E-state index < -0.39 is 0 Å². The topological polar surface area (TPSA) is 62.1 Å². The van der Waals surface area contributed by atoms with E-state index in [-0.39, 0.29) is 11.9 Å². The molecular weight excluding hydrogens is 350 g/mol. The molecule has 0 spiro atoms. The largest absolute Gasteiger partial charge is 0.361 e. The van der Waals surface area contributed by atoms with E-state index in [4.69, 9.17) is 4.52 Å². The van der Waals surface area contributed by atoms with Crippen molar-refractivity contribution in [2.75, 3.05) is 0 Å². The Morgan fingerprint density at radius 2 is 1.82 bits per heavy atom.